The van der Waals surface area contributed by atoms with Crippen molar-refractivity contribution in [1.82, 2.24) is 0 Å². The molecule has 1 atom stereocenters. The number of rotatable bonds is 4. The van der Waals surface area contributed by atoms with E-state index in [-0.39, 0.29) is 5.91 Å². The molecule has 0 heterocycles. The highest BCUT2D eigenvalue weighted by atomic mass is 79.9. The first kappa shape index (κ1) is 16.1. The molecule has 0 bridgehead atoms. The molecule has 2 rings (SSSR count). The van der Waals surface area contributed by atoms with Crippen LogP contribution >= 0.6 is 39.1 Å². The van der Waals surface area contributed by atoms with E-state index in [1.165, 1.54) is 0 Å². The Labute approximate surface area is 141 Å². The Hall–Kier alpha value is -1.23. The maximum absolute atomic E-state index is 12.1. The normalized spacial score (nSPS) is 11.8. The predicted molar refractivity (Wildman–Crippen MR) is 89.3 cm³/mol. The van der Waals surface area contributed by atoms with Gasteiger partial charge in [0.15, 0.2) is 6.10 Å². The zero-order chi connectivity index (χ0) is 15.4. The number of nitrogens with one attached hydrogen (secondary N) is 1. The lowest BCUT2D eigenvalue weighted by molar-refractivity contribution is -0.122. The van der Waals surface area contributed by atoms with Gasteiger partial charge < -0.3 is 10.1 Å². The minimum Gasteiger partial charge on any atom is -0.479 e. The quantitative estimate of drug-likeness (QED) is 0.785. The van der Waals surface area contributed by atoms with Crippen LogP contribution in [-0.4, -0.2) is 12.0 Å². The Bertz CT molecular complexity index is 664. The van der Waals surface area contributed by atoms with Gasteiger partial charge in [0.2, 0.25) is 0 Å². The highest BCUT2D eigenvalue weighted by Crippen LogP contribution is 2.28. The molecule has 0 radical (unpaired) electrons. The summed E-state index contributed by atoms with van der Waals surface area (Å²) in [6.45, 7) is 1.65. The van der Waals surface area contributed by atoms with Gasteiger partial charge in [-0.2, -0.15) is 0 Å². The molecule has 0 saturated heterocycles. The number of benzene rings is 2. The molecule has 2 aromatic carbocycles. The SMILES string of the molecule is C[C@H](Oc1ccc(Br)cc1Cl)C(=O)Nc1cccc(Cl)c1. The second-order valence-corrected chi connectivity index (χ2v) is 6.09. The molecular weight excluding hydrogens is 377 g/mol. The van der Waals surface area contributed by atoms with E-state index in [9.17, 15) is 4.79 Å². The number of carbonyl (C=O) groups excluding carboxylic acids is 1. The summed E-state index contributed by atoms with van der Waals surface area (Å²) in [5.41, 5.74) is 0.616. The standard InChI is InChI=1S/C15H12BrCl2NO2/c1-9(21-14-6-5-10(16)7-13(14)18)15(20)19-12-4-2-3-11(17)8-12/h2-9H,1H3,(H,19,20)/t9-/m0/s1. The summed E-state index contributed by atoms with van der Waals surface area (Å²) in [4.78, 5) is 12.1. The molecule has 0 aliphatic heterocycles. The zero-order valence-corrected chi connectivity index (χ0v) is 14.2. The monoisotopic (exact) mass is 387 g/mol. The number of amides is 1. The van der Waals surface area contributed by atoms with Gasteiger partial charge in [-0.25, -0.2) is 0 Å². The molecule has 0 aromatic heterocycles. The first-order chi connectivity index (χ1) is 9.95. The lowest BCUT2D eigenvalue weighted by Gasteiger charge is -2.16. The lowest BCUT2D eigenvalue weighted by atomic mass is 10.3. The van der Waals surface area contributed by atoms with Gasteiger partial charge in [0.25, 0.3) is 5.91 Å². The number of hydrogen-bond donors (Lipinski definition) is 1. The highest BCUT2D eigenvalue weighted by molar-refractivity contribution is 9.10. The van der Waals surface area contributed by atoms with Gasteiger partial charge in [0, 0.05) is 15.2 Å². The molecule has 1 N–H and O–H groups in total. The van der Waals surface area contributed by atoms with E-state index in [4.69, 9.17) is 27.9 Å². The van der Waals surface area contributed by atoms with E-state index in [1.54, 1.807) is 49.4 Å². The summed E-state index contributed by atoms with van der Waals surface area (Å²) in [7, 11) is 0. The molecule has 0 aliphatic carbocycles. The third-order valence-corrected chi connectivity index (χ3v) is 3.68. The molecule has 2 aromatic rings. The van der Waals surface area contributed by atoms with Gasteiger partial charge in [-0.15, -0.1) is 0 Å². The van der Waals surface area contributed by atoms with Crippen molar-refractivity contribution in [2.75, 3.05) is 5.32 Å². The van der Waals surface area contributed by atoms with Gasteiger partial charge in [-0.05, 0) is 43.3 Å². The van der Waals surface area contributed by atoms with E-state index < -0.39 is 6.10 Å². The van der Waals surface area contributed by atoms with Crippen molar-refractivity contribution in [3.8, 4) is 5.75 Å². The third kappa shape index (κ3) is 4.63. The Kier molecular flexibility index (Phi) is 5.51. The number of ether oxygens (including phenoxy) is 1. The summed E-state index contributed by atoms with van der Waals surface area (Å²) in [5.74, 6) is 0.171. The number of anilines is 1. The minimum atomic E-state index is -0.692. The van der Waals surface area contributed by atoms with Gasteiger partial charge >= 0.3 is 0 Å². The zero-order valence-electron chi connectivity index (χ0n) is 11.1. The van der Waals surface area contributed by atoms with Crippen molar-refractivity contribution in [2.24, 2.45) is 0 Å². The molecule has 0 unspecified atom stereocenters. The van der Waals surface area contributed by atoms with Crippen molar-refractivity contribution in [3.05, 3.63) is 57.0 Å². The van der Waals surface area contributed by atoms with Crippen LogP contribution in [0.3, 0.4) is 0 Å². The van der Waals surface area contributed by atoms with E-state index in [1.807, 2.05) is 0 Å². The molecule has 21 heavy (non-hydrogen) atoms. The number of hydrogen-bond acceptors (Lipinski definition) is 2. The summed E-state index contributed by atoms with van der Waals surface area (Å²) in [5, 5.41) is 3.72. The van der Waals surface area contributed by atoms with Crippen LogP contribution in [0.15, 0.2) is 46.9 Å². The van der Waals surface area contributed by atoms with E-state index >= 15 is 0 Å². The van der Waals surface area contributed by atoms with Crippen LogP contribution in [0.4, 0.5) is 5.69 Å². The predicted octanol–water partition coefficient (Wildman–Crippen LogP) is 5.16. The van der Waals surface area contributed by atoms with Crippen LogP contribution in [-0.2, 0) is 4.79 Å². The molecule has 0 aliphatic rings. The molecule has 0 saturated carbocycles. The van der Waals surface area contributed by atoms with Gasteiger partial charge in [0.1, 0.15) is 5.75 Å². The summed E-state index contributed by atoms with van der Waals surface area (Å²) < 4.78 is 6.41. The van der Waals surface area contributed by atoms with Crippen LogP contribution in [0.25, 0.3) is 0 Å². The number of halogens is 3. The maximum Gasteiger partial charge on any atom is 0.265 e. The van der Waals surface area contributed by atoms with Gasteiger partial charge in [-0.3, -0.25) is 4.79 Å². The summed E-state index contributed by atoms with van der Waals surface area (Å²) in [6.07, 6.45) is -0.692. The molecule has 0 fully saturated rings. The van der Waals surface area contributed by atoms with Crippen molar-refractivity contribution < 1.29 is 9.53 Å². The third-order valence-electron chi connectivity index (χ3n) is 2.66. The van der Waals surface area contributed by atoms with Crippen molar-refractivity contribution >= 4 is 50.7 Å². The Morgan fingerprint density at radius 2 is 2.00 bits per heavy atom. The minimum absolute atomic E-state index is 0.281. The number of carbonyl (C=O) groups is 1. The maximum atomic E-state index is 12.1. The van der Waals surface area contributed by atoms with Crippen molar-refractivity contribution in [3.63, 3.8) is 0 Å². The fourth-order valence-electron chi connectivity index (χ4n) is 1.62. The van der Waals surface area contributed by atoms with Crippen LogP contribution in [0, 0.1) is 0 Å². The van der Waals surface area contributed by atoms with E-state index in [0.29, 0.717) is 21.5 Å². The second-order valence-electron chi connectivity index (χ2n) is 4.33. The second kappa shape index (κ2) is 7.16. The van der Waals surface area contributed by atoms with Gasteiger partial charge in [-0.1, -0.05) is 45.2 Å². The molecule has 3 nitrogen and oxygen atoms in total. The molecule has 110 valence electrons. The molecule has 6 heteroatoms. The lowest BCUT2D eigenvalue weighted by Crippen LogP contribution is -2.30. The first-order valence-corrected chi connectivity index (χ1v) is 7.69. The Balaban J connectivity index is 2.02. The van der Waals surface area contributed by atoms with Crippen LogP contribution in [0.1, 0.15) is 6.92 Å². The Morgan fingerprint density at radius 1 is 1.24 bits per heavy atom. The largest absolute Gasteiger partial charge is 0.479 e. The van der Waals surface area contributed by atoms with Crippen LogP contribution < -0.4 is 10.1 Å². The smallest absolute Gasteiger partial charge is 0.265 e. The average Bonchev–Trinajstić information content (AvgIpc) is 2.41. The fourth-order valence-corrected chi connectivity index (χ4v) is 2.53. The molecule has 0 spiro atoms. The topological polar surface area (TPSA) is 38.3 Å². The van der Waals surface area contributed by atoms with Crippen molar-refractivity contribution in [2.45, 2.75) is 13.0 Å². The van der Waals surface area contributed by atoms with Crippen LogP contribution in [0.5, 0.6) is 5.75 Å². The van der Waals surface area contributed by atoms with Gasteiger partial charge in [0.05, 0.1) is 5.02 Å². The van der Waals surface area contributed by atoms with Crippen LogP contribution in [0.2, 0.25) is 10.0 Å². The average molecular weight is 389 g/mol. The molecular formula is C15H12BrCl2NO2. The summed E-state index contributed by atoms with van der Waals surface area (Å²) >= 11 is 15.2. The first-order valence-electron chi connectivity index (χ1n) is 6.14. The molecule has 1 amide bonds. The van der Waals surface area contributed by atoms with Crippen molar-refractivity contribution in [1.29, 1.82) is 0 Å². The highest BCUT2D eigenvalue weighted by Gasteiger charge is 2.16. The Morgan fingerprint density at radius 3 is 2.67 bits per heavy atom. The van der Waals surface area contributed by atoms with E-state index in [0.717, 1.165) is 4.47 Å². The van der Waals surface area contributed by atoms with E-state index in [2.05, 4.69) is 21.2 Å². The summed E-state index contributed by atoms with van der Waals surface area (Å²) in [6, 6.07) is 12.1. The fraction of sp³-hybridized carbons (Fsp3) is 0.133.